The van der Waals surface area contributed by atoms with Crippen LogP contribution in [0.25, 0.3) is 17.0 Å². The molecule has 1 aliphatic rings. The Bertz CT molecular complexity index is 1560. The number of amides is 3. The van der Waals surface area contributed by atoms with Crippen molar-refractivity contribution in [1.82, 2.24) is 9.88 Å². The number of aromatic nitrogens is 1. The normalized spacial score (nSPS) is 14.9. The van der Waals surface area contributed by atoms with Gasteiger partial charge >= 0.3 is 0 Å². The minimum Gasteiger partial charge on any atom is -0.337 e. The van der Waals surface area contributed by atoms with E-state index < -0.39 is 17.6 Å². The molecule has 36 heavy (non-hydrogen) atoms. The van der Waals surface area contributed by atoms with Crippen LogP contribution < -0.4 is 15.5 Å². The molecule has 4 aromatic rings. The summed E-state index contributed by atoms with van der Waals surface area (Å²) in [6, 6.07) is 21.9. The zero-order valence-corrected chi connectivity index (χ0v) is 19.6. The molecule has 1 aromatic heterocycles. The van der Waals surface area contributed by atoms with Crippen molar-refractivity contribution in [2.45, 2.75) is 6.54 Å². The Kier molecular flexibility index (Phi) is 6.14. The van der Waals surface area contributed by atoms with Gasteiger partial charge in [-0.2, -0.15) is 0 Å². The fourth-order valence-electron chi connectivity index (χ4n) is 4.06. The predicted molar refractivity (Wildman–Crippen MR) is 140 cm³/mol. The third kappa shape index (κ3) is 4.51. The quantitative estimate of drug-likeness (QED) is 0.245. The van der Waals surface area contributed by atoms with Gasteiger partial charge in [0.15, 0.2) is 5.11 Å². The molecule has 0 spiro atoms. The van der Waals surface area contributed by atoms with Gasteiger partial charge in [0.05, 0.1) is 5.69 Å². The topological polar surface area (TPSA) is 83.4 Å². The van der Waals surface area contributed by atoms with Crippen LogP contribution >= 0.6 is 12.2 Å². The number of fused-ring (bicyclic) bond motifs is 1. The van der Waals surface area contributed by atoms with Crippen molar-refractivity contribution < 1.29 is 18.8 Å². The molecule has 0 unspecified atom stereocenters. The molecule has 178 valence electrons. The van der Waals surface area contributed by atoms with Gasteiger partial charge in [-0.15, -0.1) is 0 Å². The molecule has 1 saturated heterocycles. The molecule has 9 heteroatoms. The molecule has 0 saturated carbocycles. The van der Waals surface area contributed by atoms with Crippen LogP contribution in [0.15, 0.2) is 90.6 Å². The maximum atomic E-state index is 13.8. The van der Waals surface area contributed by atoms with E-state index in [-0.39, 0.29) is 28.8 Å². The van der Waals surface area contributed by atoms with Gasteiger partial charge in [0.2, 0.25) is 5.91 Å². The number of anilines is 2. The summed E-state index contributed by atoms with van der Waals surface area (Å²) in [5, 5.41) is 5.97. The zero-order chi connectivity index (χ0) is 25.2. The largest absolute Gasteiger partial charge is 0.337 e. The summed E-state index contributed by atoms with van der Waals surface area (Å²) >= 11 is 5.18. The minimum absolute atomic E-state index is 0.0260. The SMILES string of the molecule is O=C(Cn1cc(/C=C2/C(=O)NC(=S)N(c3cccc(F)c3)C2=O)c2ccccc21)Nc1ccccc1. The average molecular weight is 499 g/mol. The van der Waals surface area contributed by atoms with Gasteiger partial charge in [0.25, 0.3) is 11.8 Å². The van der Waals surface area contributed by atoms with Crippen LogP contribution in [-0.2, 0) is 20.9 Å². The first-order chi connectivity index (χ1) is 17.4. The number of carbonyl (C=O) groups is 3. The van der Waals surface area contributed by atoms with Crippen LogP contribution in [-0.4, -0.2) is 27.4 Å². The zero-order valence-electron chi connectivity index (χ0n) is 18.8. The molecular weight excluding hydrogens is 479 g/mol. The molecule has 0 aliphatic carbocycles. The lowest BCUT2D eigenvalue weighted by Crippen LogP contribution is -2.54. The van der Waals surface area contributed by atoms with E-state index in [2.05, 4.69) is 10.6 Å². The van der Waals surface area contributed by atoms with E-state index in [1.807, 2.05) is 42.5 Å². The van der Waals surface area contributed by atoms with Gasteiger partial charge in [-0.3, -0.25) is 24.6 Å². The van der Waals surface area contributed by atoms with Gasteiger partial charge in [-0.25, -0.2) is 4.39 Å². The Hall–Kier alpha value is -4.63. The van der Waals surface area contributed by atoms with Crippen molar-refractivity contribution >= 4 is 63.4 Å². The summed E-state index contributed by atoms with van der Waals surface area (Å²) in [6.45, 7) is 0.0260. The van der Waals surface area contributed by atoms with E-state index in [1.54, 1.807) is 22.9 Å². The second kappa shape index (κ2) is 9.55. The highest BCUT2D eigenvalue weighted by molar-refractivity contribution is 7.80. The van der Waals surface area contributed by atoms with Gasteiger partial charge in [0, 0.05) is 28.4 Å². The second-order valence-electron chi connectivity index (χ2n) is 8.08. The number of nitrogens with zero attached hydrogens (tertiary/aromatic N) is 2. The molecule has 2 N–H and O–H groups in total. The Morgan fingerprint density at radius 2 is 1.75 bits per heavy atom. The van der Waals surface area contributed by atoms with Gasteiger partial charge < -0.3 is 9.88 Å². The monoisotopic (exact) mass is 498 g/mol. The van der Waals surface area contributed by atoms with Gasteiger partial charge in [-0.05, 0) is 54.7 Å². The smallest absolute Gasteiger partial charge is 0.270 e. The van der Waals surface area contributed by atoms with Crippen molar-refractivity contribution in [3.05, 3.63) is 102 Å². The minimum atomic E-state index is -0.673. The summed E-state index contributed by atoms with van der Waals surface area (Å²) < 4.78 is 15.5. The summed E-state index contributed by atoms with van der Waals surface area (Å²) in [7, 11) is 0. The third-order valence-corrected chi connectivity index (χ3v) is 5.94. The van der Waals surface area contributed by atoms with Gasteiger partial charge in [0.1, 0.15) is 17.9 Å². The van der Waals surface area contributed by atoms with Gasteiger partial charge in [-0.1, -0.05) is 42.5 Å². The Morgan fingerprint density at radius 3 is 2.53 bits per heavy atom. The van der Waals surface area contributed by atoms with Crippen LogP contribution in [0.5, 0.6) is 0 Å². The summed E-state index contributed by atoms with van der Waals surface area (Å²) in [5.74, 6) is -2.10. The van der Waals surface area contributed by atoms with Crippen molar-refractivity contribution in [3.8, 4) is 0 Å². The Morgan fingerprint density at radius 1 is 1.00 bits per heavy atom. The molecule has 0 atom stereocenters. The third-order valence-electron chi connectivity index (χ3n) is 5.66. The molecule has 5 rings (SSSR count). The number of para-hydroxylation sites is 2. The molecule has 1 aliphatic heterocycles. The number of carbonyl (C=O) groups excluding carboxylic acids is 3. The molecule has 2 heterocycles. The highest BCUT2D eigenvalue weighted by Crippen LogP contribution is 2.27. The predicted octanol–water partition coefficient (Wildman–Crippen LogP) is 4.25. The van der Waals surface area contributed by atoms with Crippen LogP contribution in [0.2, 0.25) is 0 Å². The number of hydrogen-bond donors (Lipinski definition) is 2. The van der Waals surface area contributed by atoms with E-state index in [4.69, 9.17) is 12.2 Å². The van der Waals surface area contributed by atoms with E-state index in [0.29, 0.717) is 11.3 Å². The number of halogens is 1. The molecule has 0 bridgehead atoms. The summed E-state index contributed by atoms with van der Waals surface area (Å²) in [4.78, 5) is 39.8. The molecule has 0 radical (unpaired) electrons. The van der Waals surface area contributed by atoms with E-state index >= 15 is 0 Å². The van der Waals surface area contributed by atoms with Crippen LogP contribution in [0, 0.1) is 5.82 Å². The lowest BCUT2D eigenvalue weighted by Gasteiger charge is -2.28. The molecule has 3 amide bonds. The van der Waals surface area contributed by atoms with E-state index in [1.165, 1.54) is 24.3 Å². The van der Waals surface area contributed by atoms with Crippen LogP contribution in [0.4, 0.5) is 15.8 Å². The van der Waals surface area contributed by atoms with Crippen molar-refractivity contribution in [2.24, 2.45) is 0 Å². The summed E-state index contributed by atoms with van der Waals surface area (Å²) in [5.41, 5.74) is 2.05. The first-order valence-corrected chi connectivity index (χ1v) is 11.4. The maximum Gasteiger partial charge on any atom is 0.270 e. The highest BCUT2D eigenvalue weighted by Gasteiger charge is 2.34. The van der Waals surface area contributed by atoms with Crippen molar-refractivity contribution in [2.75, 3.05) is 10.2 Å². The number of rotatable bonds is 5. The number of benzene rings is 3. The lowest BCUT2D eigenvalue weighted by atomic mass is 10.1. The van der Waals surface area contributed by atoms with E-state index in [9.17, 15) is 18.8 Å². The average Bonchev–Trinajstić information content (AvgIpc) is 3.19. The highest BCUT2D eigenvalue weighted by atomic mass is 32.1. The molecular formula is C27H19FN4O3S. The fourth-order valence-corrected chi connectivity index (χ4v) is 4.34. The Balaban J connectivity index is 1.49. The first-order valence-electron chi connectivity index (χ1n) is 11.0. The summed E-state index contributed by atoms with van der Waals surface area (Å²) in [6.07, 6.45) is 3.17. The second-order valence-corrected chi connectivity index (χ2v) is 8.47. The standard InChI is InChI=1S/C27H19FN4O3S/c28-18-7-6-10-20(14-18)32-26(35)22(25(34)30-27(32)36)13-17-15-31(23-12-5-4-11-21(17)23)16-24(33)29-19-8-2-1-3-9-19/h1-15H,16H2,(H,29,33)(H,30,34,36)/b22-13-. The van der Waals surface area contributed by atoms with E-state index in [0.717, 1.165) is 21.9 Å². The van der Waals surface area contributed by atoms with Crippen molar-refractivity contribution in [3.63, 3.8) is 0 Å². The first kappa shape index (κ1) is 23.1. The van der Waals surface area contributed by atoms with Crippen molar-refractivity contribution in [1.29, 1.82) is 0 Å². The Labute approximate surface area is 210 Å². The molecule has 7 nitrogen and oxygen atoms in total. The number of nitrogens with one attached hydrogen (secondary N) is 2. The number of thiocarbonyl (C=S) groups is 1. The number of hydrogen-bond acceptors (Lipinski definition) is 4. The van der Waals surface area contributed by atoms with Crippen LogP contribution in [0.3, 0.4) is 0 Å². The molecule has 1 fully saturated rings. The molecule has 3 aromatic carbocycles. The maximum absolute atomic E-state index is 13.8. The van der Waals surface area contributed by atoms with Crippen LogP contribution in [0.1, 0.15) is 5.56 Å². The lowest BCUT2D eigenvalue weighted by molar-refractivity contribution is -0.122. The fraction of sp³-hybridized carbons (Fsp3) is 0.0370.